The number of ether oxygens (including phenoxy) is 2. The molecule has 2 aromatic carbocycles. The SMILES string of the molecule is CCCCCOC(=O)C(N)Cc1ccc(OCc2ccccc2)cc1. The first kappa shape index (κ1) is 19.0. The lowest BCUT2D eigenvalue weighted by molar-refractivity contribution is -0.145. The Morgan fingerprint density at radius 3 is 2.40 bits per heavy atom. The molecule has 0 heterocycles. The molecule has 1 unspecified atom stereocenters. The van der Waals surface area contributed by atoms with Crippen LogP contribution in [-0.2, 0) is 22.6 Å². The molecule has 4 heteroatoms. The standard InChI is InChI=1S/C21H27NO3/c1-2-3-7-14-24-21(23)20(22)15-17-10-12-19(13-11-17)25-16-18-8-5-4-6-9-18/h4-6,8-13,20H,2-3,7,14-16,22H2,1H3. The average Bonchev–Trinajstić information content (AvgIpc) is 2.65. The summed E-state index contributed by atoms with van der Waals surface area (Å²) in [6, 6.07) is 17.1. The van der Waals surface area contributed by atoms with Gasteiger partial charge in [-0.1, -0.05) is 62.2 Å². The maximum absolute atomic E-state index is 11.9. The molecule has 4 nitrogen and oxygen atoms in total. The highest BCUT2D eigenvalue weighted by molar-refractivity contribution is 5.75. The molecule has 1 atom stereocenters. The molecule has 2 N–H and O–H groups in total. The van der Waals surface area contributed by atoms with Gasteiger partial charge in [-0.15, -0.1) is 0 Å². The first-order chi connectivity index (χ1) is 12.2. The van der Waals surface area contributed by atoms with E-state index >= 15 is 0 Å². The molecule has 0 saturated heterocycles. The van der Waals surface area contributed by atoms with E-state index < -0.39 is 6.04 Å². The lowest BCUT2D eigenvalue weighted by Gasteiger charge is -2.12. The minimum absolute atomic E-state index is 0.333. The number of rotatable bonds is 10. The number of benzene rings is 2. The molecule has 0 aliphatic rings. The normalized spacial score (nSPS) is 11.8. The van der Waals surface area contributed by atoms with E-state index in [1.54, 1.807) is 0 Å². The van der Waals surface area contributed by atoms with Gasteiger partial charge in [0.25, 0.3) is 0 Å². The van der Waals surface area contributed by atoms with Crippen molar-refractivity contribution in [1.29, 1.82) is 0 Å². The molecule has 0 spiro atoms. The monoisotopic (exact) mass is 341 g/mol. The van der Waals surface area contributed by atoms with Crippen molar-refractivity contribution in [2.75, 3.05) is 6.61 Å². The third-order valence-electron chi connectivity index (χ3n) is 3.92. The van der Waals surface area contributed by atoms with Crippen molar-refractivity contribution >= 4 is 5.97 Å². The van der Waals surface area contributed by atoms with Gasteiger partial charge in [0.2, 0.25) is 0 Å². The first-order valence-electron chi connectivity index (χ1n) is 8.87. The van der Waals surface area contributed by atoms with Gasteiger partial charge < -0.3 is 15.2 Å². The van der Waals surface area contributed by atoms with Crippen molar-refractivity contribution in [1.82, 2.24) is 0 Å². The van der Waals surface area contributed by atoms with Crippen LogP contribution in [0.2, 0.25) is 0 Å². The zero-order valence-corrected chi connectivity index (χ0v) is 14.8. The van der Waals surface area contributed by atoms with Gasteiger partial charge in [-0.25, -0.2) is 0 Å². The summed E-state index contributed by atoms with van der Waals surface area (Å²) in [4.78, 5) is 11.9. The highest BCUT2D eigenvalue weighted by atomic mass is 16.5. The Hall–Kier alpha value is -2.33. The molecule has 0 radical (unpaired) electrons. The van der Waals surface area contributed by atoms with Crippen LogP contribution in [0.3, 0.4) is 0 Å². The Kier molecular flexibility index (Phi) is 7.99. The van der Waals surface area contributed by atoms with Gasteiger partial charge in [0, 0.05) is 0 Å². The molecule has 0 aliphatic heterocycles. The highest BCUT2D eigenvalue weighted by Crippen LogP contribution is 2.15. The van der Waals surface area contributed by atoms with Gasteiger partial charge in [0.1, 0.15) is 18.4 Å². The molecule has 0 saturated carbocycles. The maximum Gasteiger partial charge on any atom is 0.323 e. The summed E-state index contributed by atoms with van der Waals surface area (Å²) in [5, 5.41) is 0. The molecular weight excluding hydrogens is 314 g/mol. The molecule has 0 amide bonds. The second-order valence-electron chi connectivity index (χ2n) is 6.10. The molecule has 0 aromatic heterocycles. The van der Waals surface area contributed by atoms with E-state index in [0.717, 1.165) is 36.1 Å². The quantitative estimate of drug-likeness (QED) is 0.526. The van der Waals surface area contributed by atoms with Crippen LogP contribution in [0, 0.1) is 0 Å². The Morgan fingerprint density at radius 2 is 1.72 bits per heavy atom. The number of carbonyl (C=O) groups is 1. The molecule has 2 aromatic rings. The first-order valence-corrected chi connectivity index (χ1v) is 8.87. The topological polar surface area (TPSA) is 61.5 Å². The van der Waals surface area contributed by atoms with Crippen LogP contribution in [0.1, 0.15) is 37.3 Å². The van der Waals surface area contributed by atoms with Gasteiger partial charge in [-0.2, -0.15) is 0 Å². The van der Waals surface area contributed by atoms with Crippen LogP contribution in [-0.4, -0.2) is 18.6 Å². The van der Waals surface area contributed by atoms with Crippen molar-refractivity contribution < 1.29 is 14.3 Å². The van der Waals surface area contributed by atoms with Crippen LogP contribution >= 0.6 is 0 Å². The molecule has 25 heavy (non-hydrogen) atoms. The fraction of sp³-hybridized carbons (Fsp3) is 0.381. The summed E-state index contributed by atoms with van der Waals surface area (Å²) in [6.07, 6.45) is 3.52. The summed E-state index contributed by atoms with van der Waals surface area (Å²) in [5.74, 6) is 0.462. The molecule has 2 rings (SSSR count). The number of carbonyl (C=O) groups excluding carboxylic acids is 1. The van der Waals surface area contributed by atoms with E-state index in [9.17, 15) is 4.79 Å². The minimum Gasteiger partial charge on any atom is -0.489 e. The fourth-order valence-electron chi connectivity index (χ4n) is 2.43. The third-order valence-corrected chi connectivity index (χ3v) is 3.92. The smallest absolute Gasteiger partial charge is 0.323 e. The summed E-state index contributed by atoms with van der Waals surface area (Å²) >= 11 is 0. The van der Waals surface area contributed by atoms with Crippen LogP contribution < -0.4 is 10.5 Å². The molecule has 0 fully saturated rings. The van der Waals surface area contributed by atoms with Crippen LogP contribution in [0.5, 0.6) is 5.75 Å². The third kappa shape index (κ3) is 6.98. The minimum atomic E-state index is -0.627. The van der Waals surface area contributed by atoms with E-state index in [4.69, 9.17) is 15.2 Å². The number of esters is 1. The lowest BCUT2D eigenvalue weighted by atomic mass is 10.1. The molecule has 0 aliphatic carbocycles. The van der Waals surface area contributed by atoms with E-state index in [1.807, 2.05) is 54.6 Å². The number of unbranched alkanes of at least 4 members (excludes halogenated alkanes) is 2. The van der Waals surface area contributed by atoms with Gasteiger partial charge in [-0.3, -0.25) is 4.79 Å². The van der Waals surface area contributed by atoms with Gasteiger partial charge in [0.15, 0.2) is 0 Å². The Bertz CT molecular complexity index is 625. The summed E-state index contributed by atoms with van der Waals surface area (Å²) in [7, 11) is 0. The van der Waals surface area contributed by atoms with Gasteiger partial charge in [0.05, 0.1) is 6.61 Å². The van der Waals surface area contributed by atoms with Gasteiger partial charge >= 0.3 is 5.97 Å². The average molecular weight is 341 g/mol. The summed E-state index contributed by atoms with van der Waals surface area (Å²) in [6.45, 7) is 3.09. The molecule has 0 bridgehead atoms. The van der Waals surface area contributed by atoms with Crippen LogP contribution in [0.4, 0.5) is 0 Å². The van der Waals surface area contributed by atoms with Crippen molar-refractivity contribution in [3.63, 3.8) is 0 Å². The maximum atomic E-state index is 11.9. The van der Waals surface area contributed by atoms with Crippen LogP contribution in [0.25, 0.3) is 0 Å². The lowest BCUT2D eigenvalue weighted by Crippen LogP contribution is -2.34. The highest BCUT2D eigenvalue weighted by Gasteiger charge is 2.15. The zero-order chi connectivity index (χ0) is 17.9. The van der Waals surface area contributed by atoms with Crippen molar-refractivity contribution in [3.8, 4) is 5.75 Å². The number of hydrogen-bond donors (Lipinski definition) is 1. The van der Waals surface area contributed by atoms with E-state index in [-0.39, 0.29) is 5.97 Å². The van der Waals surface area contributed by atoms with E-state index in [1.165, 1.54) is 0 Å². The largest absolute Gasteiger partial charge is 0.489 e. The second-order valence-corrected chi connectivity index (χ2v) is 6.10. The summed E-state index contributed by atoms with van der Waals surface area (Å²) in [5.41, 5.74) is 8.05. The van der Waals surface area contributed by atoms with E-state index in [2.05, 4.69) is 6.92 Å². The summed E-state index contributed by atoms with van der Waals surface area (Å²) < 4.78 is 11.0. The Morgan fingerprint density at radius 1 is 1.00 bits per heavy atom. The van der Waals surface area contributed by atoms with E-state index in [0.29, 0.717) is 19.6 Å². The zero-order valence-electron chi connectivity index (χ0n) is 14.8. The molecular formula is C21H27NO3. The Labute approximate surface area is 150 Å². The Balaban J connectivity index is 1.76. The number of nitrogens with two attached hydrogens (primary N) is 1. The van der Waals surface area contributed by atoms with Crippen molar-refractivity contribution in [2.24, 2.45) is 5.73 Å². The second kappa shape index (κ2) is 10.5. The van der Waals surface area contributed by atoms with Gasteiger partial charge in [-0.05, 0) is 36.1 Å². The number of hydrogen-bond acceptors (Lipinski definition) is 4. The van der Waals surface area contributed by atoms with Crippen molar-refractivity contribution in [3.05, 3.63) is 65.7 Å². The van der Waals surface area contributed by atoms with Crippen LogP contribution in [0.15, 0.2) is 54.6 Å². The predicted molar refractivity (Wildman–Crippen MR) is 99.4 cm³/mol. The predicted octanol–water partition coefficient (Wildman–Crippen LogP) is 3.87. The fourth-order valence-corrected chi connectivity index (χ4v) is 2.43. The van der Waals surface area contributed by atoms with Crippen molar-refractivity contribution in [2.45, 2.75) is 45.3 Å². The molecule has 134 valence electrons.